The lowest BCUT2D eigenvalue weighted by Gasteiger charge is -2.31. The van der Waals surface area contributed by atoms with Crippen LogP contribution >= 0.6 is 0 Å². The number of anilines is 2. The van der Waals surface area contributed by atoms with Crippen molar-refractivity contribution in [3.05, 3.63) is 36.3 Å². The fraction of sp³-hybridized carbons (Fsp3) is 0.421. The third-order valence-corrected chi connectivity index (χ3v) is 4.04. The summed E-state index contributed by atoms with van der Waals surface area (Å²) in [7, 11) is 0. The van der Waals surface area contributed by atoms with E-state index in [4.69, 9.17) is 18.6 Å². The Bertz CT molecular complexity index is 724. The van der Waals surface area contributed by atoms with Crippen LogP contribution in [-0.2, 0) is 4.74 Å². The minimum absolute atomic E-state index is 0.263. The number of benzene rings is 1. The summed E-state index contributed by atoms with van der Waals surface area (Å²) in [6, 6.07) is 5.35. The molecule has 1 saturated heterocycles. The minimum Gasteiger partial charge on any atom is -0.492 e. The monoisotopic (exact) mass is 360 g/mol. The molecule has 1 aliphatic rings. The number of hydrogen-bond donors (Lipinski definition) is 1. The average Bonchev–Trinajstić information content (AvgIpc) is 3.19. The molecule has 0 radical (unpaired) electrons. The lowest BCUT2D eigenvalue weighted by molar-refractivity contribution is 0.102. The zero-order valence-corrected chi connectivity index (χ0v) is 15.1. The van der Waals surface area contributed by atoms with Crippen LogP contribution in [0.3, 0.4) is 0 Å². The van der Waals surface area contributed by atoms with Crippen LogP contribution in [0.4, 0.5) is 11.4 Å². The Morgan fingerprint density at radius 3 is 2.54 bits per heavy atom. The van der Waals surface area contributed by atoms with Gasteiger partial charge < -0.3 is 28.8 Å². The van der Waals surface area contributed by atoms with E-state index in [1.54, 1.807) is 6.07 Å². The number of nitrogens with one attached hydrogen (secondary N) is 1. The number of furan rings is 1. The molecule has 1 N–H and O–H groups in total. The second kappa shape index (κ2) is 8.62. The van der Waals surface area contributed by atoms with Crippen molar-refractivity contribution in [1.29, 1.82) is 0 Å². The molecule has 2 aromatic rings. The number of nitrogens with zero attached hydrogens (tertiary/aromatic N) is 1. The molecule has 7 heteroatoms. The maximum Gasteiger partial charge on any atom is 0.259 e. The van der Waals surface area contributed by atoms with Crippen LogP contribution in [0.15, 0.2) is 35.1 Å². The van der Waals surface area contributed by atoms with Crippen LogP contribution in [0.1, 0.15) is 24.2 Å². The molecule has 7 nitrogen and oxygen atoms in total. The number of hydrogen-bond acceptors (Lipinski definition) is 6. The van der Waals surface area contributed by atoms with Gasteiger partial charge >= 0.3 is 0 Å². The van der Waals surface area contributed by atoms with E-state index in [9.17, 15) is 4.79 Å². The van der Waals surface area contributed by atoms with E-state index in [-0.39, 0.29) is 5.91 Å². The molecule has 1 amide bonds. The summed E-state index contributed by atoms with van der Waals surface area (Å²) in [6.45, 7) is 7.78. The number of morpholine rings is 1. The molecule has 1 aliphatic heterocycles. The van der Waals surface area contributed by atoms with Crippen LogP contribution in [0, 0.1) is 0 Å². The van der Waals surface area contributed by atoms with Gasteiger partial charge in [-0.25, -0.2) is 0 Å². The van der Waals surface area contributed by atoms with Gasteiger partial charge in [0.05, 0.1) is 49.6 Å². The summed E-state index contributed by atoms with van der Waals surface area (Å²) in [5, 5.41) is 2.88. The van der Waals surface area contributed by atoms with Gasteiger partial charge in [-0.15, -0.1) is 0 Å². The predicted molar refractivity (Wildman–Crippen MR) is 98.5 cm³/mol. The molecular weight excluding hydrogens is 336 g/mol. The van der Waals surface area contributed by atoms with Gasteiger partial charge in [0.1, 0.15) is 17.8 Å². The van der Waals surface area contributed by atoms with Crippen molar-refractivity contribution in [3.8, 4) is 11.5 Å². The molecule has 26 heavy (non-hydrogen) atoms. The average molecular weight is 360 g/mol. The van der Waals surface area contributed by atoms with Gasteiger partial charge in [-0.05, 0) is 19.9 Å². The minimum atomic E-state index is -0.263. The van der Waals surface area contributed by atoms with Crippen molar-refractivity contribution < 1.29 is 23.4 Å². The molecule has 0 atom stereocenters. The number of rotatable bonds is 7. The van der Waals surface area contributed by atoms with Crippen molar-refractivity contribution in [2.24, 2.45) is 0 Å². The molecule has 0 unspecified atom stereocenters. The molecular formula is C19H24N2O5. The molecule has 0 aliphatic carbocycles. The molecule has 1 aromatic heterocycles. The first kappa shape index (κ1) is 18.1. The summed E-state index contributed by atoms with van der Waals surface area (Å²) in [5.74, 6) is 1.05. The SMILES string of the molecule is CCOc1cc(N2CCOCC2)c(OCC)cc1NC(=O)c1ccoc1. The second-order valence-corrected chi connectivity index (χ2v) is 5.75. The Kier molecular flexibility index (Phi) is 6.01. The summed E-state index contributed by atoms with van der Waals surface area (Å²) in [4.78, 5) is 14.6. The standard InChI is InChI=1S/C19H24N2O5/c1-3-25-17-12-16(21-6-9-23-10-7-21)18(26-4-2)11-15(17)20-19(22)14-5-8-24-13-14/h5,8,11-13H,3-4,6-7,9-10H2,1-2H3,(H,20,22). The fourth-order valence-corrected chi connectivity index (χ4v) is 2.83. The quantitative estimate of drug-likeness (QED) is 0.818. The first-order chi connectivity index (χ1) is 12.7. The van der Waals surface area contributed by atoms with Gasteiger partial charge in [-0.3, -0.25) is 4.79 Å². The molecule has 1 aromatic carbocycles. The maximum atomic E-state index is 12.4. The van der Waals surface area contributed by atoms with Gasteiger partial charge in [-0.1, -0.05) is 0 Å². The normalized spacial score (nSPS) is 14.2. The molecule has 0 saturated carbocycles. The van der Waals surface area contributed by atoms with Gasteiger partial charge in [0.25, 0.3) is 5.91 Å². The van der Waals surface area contributed by atoms with Crippen LogP contribution in [0.25, 0.3) is 0 Å². The fourth-order valence-electron chi connectivity index (χ4n) is 2.83. The molecule has 3 rings (SSSR count). The number of ether oxygens (including phenoxy) is 3. The van der Waals surface area contributed by atoms with Crippen molar-refractivity contribution in [2.45, 2.75) is 13.8 Å². The summed E-state index contributed by atoms with van der Waals surface area (Å²) < 4.78 is 22.0. The highest BCUT2D eigenvalue weighted by Gasteiger charge is 2.20. The topological polar surface area (TPSA) is 73.2 Å². The van der Waals surface area contributed by atoms with E-state index >= 15 is 0 Å². The summed E-state index contributed by atoms with van der Waals surface area (Å²) in [6.07, 6.45) is 2.87. The van der Waals surface area contributed by atoms with Crippen molar-refractivity contribution in [2.75, 3.05) is 49.7 Å². The predicted octanol–water partition coefficient (Wildman–Crippen LogP) is 3.17. The molecule has 1 fully saturated rings. The van der Waals surface area contributed by atoms with Crippen molar-refractivity contribution >= 4 is 17.3 Å². The van der Waals surface area contributed by atoms with Crippen LogP contribution in [0.5, 0.6) is 11.5 Å². The van der Waals surface area contributed by atoms with Crippen LogP contribution in [0.2, 0.25) is 0 Å². The van der Waals surface area contributed by atoms with Gasteiger partial charge in [0.2, 0.25) is 0 Å². The summed E-state index contributed by atoms with van der Waals surface area (Å²) in [5.41, 5.74) is 1.96. The molecule has 0 spiro atoms. The Hall–Kier alpha value is -2.67. The zero-order chi connectivity index (χ0) is 18.4. The zero-order valence-electron chi connectivity index (χ0n) is 15.1. The number of carbonyl (C=O) groups excluding carboxylic acids is 1. The Labute approximate surface area is 152 Å². The Morgan fingerprint density at radius 1 is 1.15 bits per heavy atom. The Balaban J connectivity index is 1.94. The second-order valence-electron chi connectivity index (χ2n) is 5.75. The van der Waals surface area contributed by atoms with E-state index in [1.165, 1.54) is 12.5 Å². The molecule has 140 valence electrons. The first-order valence-corrected chi connectivity index (χ1v) is 8.82. The lowest BCUT2D eigenvalue weighted by atomic mass is 10.2. The Morgan fingerprint density at radius 2 is 1.88 bits per heavy atom. The van der Waals surface area contributed by atoms with Gasteiger partial charge in [0.15, 0.2) is 0 Å². The van der Waals surface area contributed by atoms with Crippen molar-refractivity contribution in [1.82, 2.24) is 0 Å². The highest BCUT2D eigenvalue weighted by atomic mass is 16.5. The largest absolute Gasteiger partial charge is 0.492 e. The summed E-state index contributed by atoms with van der Waals surface area (Å²) >= 11 is 0. The third-order valence-electron chi connectivity index (χ3n) is 4.04. The van der Waals surface area contributed by atoms with Crippen LogP contribution in [-0.4, -0.2) is 45.4 Å². The van der Waals surface area contributed by atoms with E-state index in [0.29, 0.717) is 49.2 Å². The highest BCUT2D eigenvalue weighted by molar-refractivity contribution is 6.05. The van der Waals surface area contributed by atoms with E-state index in [0.717, 1.165) is 18.8 Å². The number of amides is 1. The number of carbonyl (C=O) groups is 1. The van der Waals surface area contributed by atoms with Gasteiger partial charge in [0, 0.05) is 25.2 Å². The molecule has 2 heterocycles. The smallest absolute Gasteiger partial charge is 0.259 e. The maximum absolute atomic E-state index is 12.4. The lowest BCUT2D eigenvalue weighted by Crippen LogP contribution is -2.36. The molecule has 0 bridgehead atoms. The third kappa shape index (κ3) is 4.11. The van der Waals surface area contributed by atoms with E-state index < -0.39 is 0 Å². The van der Waals surface area contributed by atoms with Gasteiger partial charge in [-0.2, -0.15) is 0 Å². The first-order valence-electron chi connectivity index (χ1n) is 8.82. The highest BCUT2D eigenvalue weighted by Crippen LogP contribution is 2.39. The van der Waals surface area contributed by atoms with Crippen molar-refractivity contribution in [3.63, 3.8) is 0 Å². The van der Waals surface area contributed by atoms with Crippen LogP contribution < -0.4 is 19.7 Å². The van der Waals surface area contributed by atoms with E-state index in [1.807, 2.05) is 26.0 Å². The van der Waals surface area contributed by atoms with E-state index in [2.05, 4.69) is 10.2 Å².